The molecule has 124 valence electrons. The monoisotopic (exact) mass is 321 g/mol. The van der Waals surface area contributed by atoms with Crippen molar-refractivity contribution < 1.29 is 4.74 Å². The molecule has 0 aliphatic rings. The van der Waals surface area contributed by atoms with Crippen LogP contribution in [0.1, 0.15) is 35.2 Å². The van der Waals surface area contributed by atoms with Crippen LogP contribution < -0.4 is 4.74 Å². The molecule has 1 unspecified atom stereocenters. The highest BCUT2D eigenvalue weighted by Crippen LogP contribution is 2.28. The molecular weight excluding hydrogens is 298 g/mol. The molecule has 0 saturated heterocycles. The standard InChI is InChI=1S/C20H23N3O/c1-15-8-7-11-20(24-3)18(15)12-16(2)19-14-23(22-21-19)13-17-9-5-4-6-10-17/h4-11,14,16H,12-13H2,1-3H3. The summed E-state index contributed by atoms with van der Waals surface area (Å²) >= 11 is 0. The van der Waals surface area contributed by atoms with Crippen LogP contribution in [0.2, 0.25) is 0 Å². The highest BCUT2D eigenvalue weighted by molar-refractivity contribution is 5.40. The van der Waals surface area contributed by atoms with E-state index < -0.39 is 0 Å². The van der Waals surface area contributed by atoms with E-state index in [0.29, 0.717) is 0 Å². The van der Waals surface area contributed by atoms with Gasteiger partial charge in [-0.1, -0.05) is 54.6 Å². The second-order valence-electron chi connectivity index (χ2n) is 6.19. The Morgan fingerprint density at radius 3 is 2.62 bits per heavy atom. The number of rotatable bonds is 6. The fourth-order valence-electron chi connectivity index (χ4n) is 2.93. The lowest BCUT2D eigenvalue weighted by Gasteiger charge is -2.14. The molecule has 0 spiro atoms. The van der Waals surface area contributed by atoms with Crippen LogP contribution in [0.4, 0.5) is 0 Å². The van der Waals surface area contributed by atoms with Gasteiger partial charge < -0.3 is 4.74 Å². The summed E-state index contributed by atoms with van der Waals surface area (Å²) in [5.74, 6) is 1.23. The van der Waals surface area contributed by atoms with Crippen LogP contribution in [-0.2, 0) is 13.0 Å². The number of aryl methyl sites for hydroxylation is 1. The average molecular weight is 321 g/mol. The molecule has 2 aromatic carbocycles. The number of hydrogen-bond acceptors (Lipinski definition) is 3. The van der Waals surface area contributed by atoms with Gasteiger partial charge in [-0.05, 0) is 36.1 Å². The first-order valence-electron chi connectivity index (χ1n) is 8.24. The van der Waals surface area contributed by atoms with Crippen LogP contribution in [0.25, 0.3) is 0 Å². The number of nitrogens with zero attached hydrogens (tertiary/aromatic N) is 3. The van der Waals surface area contributed by atoms with Gasteiger partial charge in [-0.3, -0.25) is 0 Å². The summed E-state index contributed by atoms with van der Waals surface area (Å²) in [4.78, 5) is 0. The maximum atomic E-state index is 5.51. The molecule has 4 nitrogen and oxygen atoms in total. The Morgan fingerprint density at radius 2 is 1.88 bits per heavy atom. The molecule has 0 bridgehead atoms. The molecule has 0 saturated carbocycles. The van der Waals surface area contributed by atoms with Crippen molar-refractivity contribution in [2.75, 3.05) is 7.11 Å². The summed E-state index contributed by atoms with van der Waals surface area (Å²) in [7, 11) is 1.72. The molecule has 3 rings (SSSR count). The van der Waals surface area contributed by atoms with Crippen molar-refractivity contribution in [3.05, 3.63) is 77.1 Å². The van der Waals surface area contributed by atoms with E-state index in [4.69, 9.17) is 4.74 Å². The van der Waals surface area contributed by atoms with Crippen LogP contribution in [-0.4, -0.2) is 22.1 Å². The van der Waals surface area contributed by atoms with Gasteiger partial charge in [0.2, 0.25) is 0 Å². The maximum Gasteiger partial charge on any atom is 0.122 e. The van der Waals surface area contributed by atoms with Gasteiger partial charge in [-0.25, -0.2) is 4.68 Å². The number of aromatic nitrogens is 3. The second-order valence-corrected chi connectivity index (χ2v) is 6.19. The van der Waals surface area contributed by atoms with Crippen molar-refractivity contribution in [3.8, 4) is 5.75 Å². The van der Waals surface area contributed by atoms with Gasteiger partial charge in [0, 0.05) is 12.1 Å². The first-order chi connectivity index (χ1) is 11.7. The van der Waals surface area contributed by atoms with E-state index in [9.17, 15) is 0 Å². The molecule has 1 heterocycles. The largest absolute Gasteiger partial charge is 0.496 e. The summed E-state index contributed by atoms with van der Waals surface area (Å²) in [5, 5.41) is 8.64. The van der Waals surface area contributed by atoms with Gasteiger partial charge in [0.15, 0.2) is 0 Å². The minimum Gasteiger partial charge on any atom is -0.496 e. The van der Waals surface area contributed by atoms with E-state index in [2.05, 4.69) is 42.4 Å². The van der Waals surface area contributed by atoms with Gasteiger partial charge in [-0.2, -0.15) is 0 Å². The minimum absolute atomic E-state index is 0.282. The Hall–Kier alpha value is -2.62. The third-order valence-corrected chi connectivity index (χ3v) is 4.35. The predicted octanol–water partition coefficient (Wildman–Crippen LogP) is 3.99. The Bertz CT molecular complexity index is 796. The molecule has 3 aromatic rings. The number of hydrogen-bond donors (Lipinski definition) is 0. The van der Waals surface area contributed by atoms with Crippen molar-refractivity contribution in [2.45, 2.75) is 32.7 Å². The molecular formula is C20H23N3O. The number of ether oxygens (including phenoxy) is 1. The maximum absolute atomic E-state index is 5.51. The number of benzene rings is 2. The van der Waals surface area contributed by atoms with Gasteiger partial charge >= 0.3 is 0 Å². The summed E-state index contributed by atoms with van der Waals surface area (Å²) in [5.41, 5.74) is 4.72. The van der Waals surface area contributed by atoms with Gasteiger partial charge in [0.1, 0.15) is 5.75 Å². The minimum atomic E-state index is 0.282. The first kappa shape index (κ1) is 16.2. The second kappa shape index (κ2) is 7.30. The summed E-state index contributed by atoms with van der Waals surface area (Å²) in [6.07, 6.45) is 2.93. The molecule has 0 aliphatic carbocycles. The highest BCUT2D eigenvalue weighted by atomic mass is 16.5. The molecule has 4 heteroatoms. The van der Waals surface area contributed by atoms with Gasteiger partial charge in [0.05, 0.1) is 19.3 Å². The van der Waals surface area contributed by atoms with Crippen molar-refractivity contribution in [1.29, 1.82) is 0 Å². The van der Waals surface area contributed by atoms with E-state index in [1.807, 2.05) is 41.2 Å². The first-order valence-corrected chi connectivity index (χ1v) is 8.24. The van der Waals surface area contributed by atoms with Crippen molar-refractivity contribution in [3.63, 3.8) is 0 Å². The Labute approximate surface area is 143 Å². The van der Waals surface area contributed by atoms with Crippen LogP contribution in [0, 0.1) is 6.92 Å². The van der Waals surface area contributed by atoms with Crippen LogP contribution in [0.3, 0.4) is 0 Å². The molecule has 0 fully saturated rings. The lowest BCUT2D eigenvalue weighted by Crippen LogP contribution is -2.03. The third-order valence-electron chi connectivity index (χ3n) is 4.35. The smallest absolute Gasteiger partial charge is 0.122 e. The lowest BCUT2D eigenvalue weighted by atomic mass is 9.94. The fraction of sp³-hybridized carbons (Fsp3) is 0.300. The summed E-state index contributed by atoms with van der Waals surface area (Å²) in [6.45, 7) is 5.05. The molecule has 1 aromatic heterocycles. The number of methoxy groups -OCH3 is 1. The molecule has 0 aliphatic heterocycles. The van der Waals surface area contributed by atoms with E-state index in [-0.39, 0.29) is 5.92 Å². The van der Waals surface area contributed by atoms with Gasteiger partial charge in [0.25, 0.3) is 0 Å². The molecule has 0 radical (unpaired) electrons. The summed E-state index contributed by atoms with van der Waals surface area (Å²) < 4.78 is 7.40. The molecule has 0 amide bonds. The quantitative estimate of drug-likeness (QED) is 0.689. The molecule has 1 atom stereocenters. The van der Waals surface area contributed by atoms with Crippen LogP contribution >= 0.6 is 0 Å². The van der Waals surface area contributed by atoms with E-state index in [1.165, 1.54) is 16.7 Å². The Morgan fingerprint density at radius 1 is 1.08 bits per heavy atom. The topological polar surface area (TPSA) is 39.9 Å². The SMILES string of the molecule is COc1cccc(C)c1CC(C)c1cn(Cc2ccccc2)nn1. The van der Waals surface area contributed by atoms with Crippen molar-refractivity contribution in [1.82, 2.24) is 15.0 Å². The lowest BCUT2D eigenvalue weighted by molar-refractivity contribution is 0.407. The molecule has 24 heavy (non-hydrogen) atoms. The van der Waals surface area contributed by atoms with E-state index in [0.717, 1.165) is 24.4 Å². The average Bonchev–Trinajstić information content (AvgIpc) is 3.06. The summed E-state index contributed by atoms with van der Waals surface area (Å²) in [6, 6.07) is 16.5. The van der Waals surface area contributed by atoms with Crippen LogP contribution in [0.5, 0.6) is 5.75 Å². The zero-order chi connectivity index (χ0) is 16.9. The zero-order valence-electron chi connectivity index (χ0n) is 14.4. The normalized spacial score (nSPS) is 12.1. The Kier molecular flexibility index (Phi) is 4.94. The van der Waals surface area contributed by atoms with E-state index >= 15 is 0 Å². The third kappa shape index (κ3) is 3.65. The van der Waals surface area contributed by atoms with Crippen LogP contribution in [0.15, 0.2) is 54.7 Å². The predicted molar refractivity (Wildman–Crippen MR) is 95.4 cm³/mol. The molecule has 0 N–H and O–H groups in total. The highest BCUT2D eigenvalue weighted by Gasteiger charge is 2.15. The Balaban J connectivity index is 1.74. The van der Waals surface area contributed by atoms with Crippen molar-refractivity contribution >= 4 is 0 Å². The van der Waals surface area contributed by atoms with E-state index in [1.54, 1.807) is 7.11 Å². The fourth-order valence-corrected chi connectivity index (χ4v) is 2.93. The zero-order valence-corrected chi connectivity index (χ0v) is 14.4. The van der Waals surface area contributed by atoms with Crippen molar-refractivity contribution in [2.24, 2.45) is 0 Å². The van der Waals surface area contributed by atoms with Gasteiger partial charge in [-0.15, -0.1) is 5.10 Å².